The molecule has 0 saturated carbocycles. The first-order chi connectivity index (χ1) is 14.8. The minimum absolute atomic E-state index is 0.188. The molecule has 4 aromatic rings. The van der Waals surface area contributed by atoms with Gasteiger partial charge in [0.1, 0.15) is 16.1 Å². The highest BCUT2D eigenvalue weighted by molar-refractivity contribution is 7.25. The van der Waals surface area contributed by atoms with E-state index < -0.39 is 5.69 Å². The molecule has 0 aliphatic heterocycles. The van der Waals surface area contributed by atoms with Gasteiger partial charge in [0.15, 0.2) is 0 Å². The third-order valence-corrected chi connectivity index (χ3v) is 6.39. The van der Waals surface area contributed by atoms with Crippen molar-refractivity contribution in [2.75, 3.05) is 5.32 Å². The normalized spacial score (nSPS) is 11.4. The molecule has 0 radical (unpaired) electrons. The topological polar surface area (TPSA) is 86.0 Å². The Kier molecular flexibility index (Phi) is 5.49. The number of carbonyl (C=O) groups is 1. The molecule has 0 spiro atoms. The molecule has 3 heterocycles. The average Bonchev–Trinajstić information content (AvgIpc) is 3.11. The number of thiophene rings is 1. The lowest BCUT2D eigenvalue weighted by Gasteiger charge is -2.15. The summed E-state index contributed by atoms with van der Waals surface area (Å²) in [5.41, 5.74) is 3.47. The number of hydrogen-bond donors (Lipinski definition) is 1. The van der Waals surface area contributed by atoms with E-state index in [2.05, 4.69) is 10.3 Å². The second-order valence-electron chi connectivity index (χ2n) is 7.78. The molecule has 0 atom stereocenters. The van der Waals surface area contributed by atoms with Crippen molar-refractivity contribution in [3.05, 3.63) is 68.0 Å². The van der Waals surface area contributed by atoms with Gasteiger partial charge in [0.25, 0.3) is 5.56 Å². The van der Waals surface area contributed by atoms with Gasteiger partial charge in [-0.2, -0.15) is 0 Å². The van der Waals surface area contributed by atoms with Crippen molar-refractivity contribution in [3.8, 4) is 0 Å². The van der Waals surface area contributed by atoms with E-state index in [4.69, 9.17) is 0 Å². The number of amides is 1. The Morgan fingerprint density at radius 3 is 2.52 bits per heavy atom. The number of anilines is 1. The number of aryl methyl sites for hydroxylation is 3. The highest BCUT2D eigenvalue weighted by Crippen LogP contribution is 2.29. The number of fused-ring (bicyclic) bond motifs is 3. The Morgan fingerprint density at radius 1 is 1.13 bits per heavy atom. The maximum absolute atomic E-state index is 13.2. The van der Waals surface area contributed by atoms with Crippen molar-refractivity contribution in [2.45, 2.75) is 47.2 Å². The third kappa shape index (κ3) is 3.67. The van der Waals surface area contributed by atoms with Crippen LogP contribution in [0, 0.1) is 20.8 Å². The van der Waals surface area contributed by atoms with Crippen molar-refractivity contribution in [2.24, 2.45) is 0 Å². The maximum atomic E-state index is 13.2. The van der Waals surface area contributed by atoms with Gasteiger partial charge < -0.3 is 5.32 Å². The van der Waals surface area contributed by atoms with Crippen LogP contribution in [0.25, 0.3) is 20.4 Å². The van der Waals surface area contributed by atoms with E-state index in [1.165, 1.54) is 20.5 Å². The first kappa shape index (κ1) is 21.0. The van der Waals surface area contributed by atoms with Gasteiger partial charge in [-0.25, -0.2) is 9.78 Å². The average molecular weight is 437 g/mol. The molecule has 1 aromatic carbocycles. The fourth-order valence-corrected chi connectivity index (χ4v) is 5.15. The molecule has 3 aromatic heterocycles. The van der Waals surface area contributed by atoms with Crippen LogP contribution >= 0.6 is 11.3 Å². The molecule has 0 unspecified atom stereocenters. The van der Waals surface area contributed by atoms with Crippen LogP contribution in [0.1, 0.15) is 30.0 Å². The molecule has 0 fully saturated rings. The molecule has 0 aliphatic carbocycles. The summed E-state index contributed by atoms with van der Waals surface area (Å²) in [6.07, 6.45) is 2.29. The molecule has 0 saturated heterocycles. The van der Waals surface area contributed by atoms with Crippen LogP contribution in [0.5, 0.6) is 0 Å². The van der Waals surface area contributed by atoms with Crippen molar-refractivity contribution in [1.29, 1.82) is 0 Å². The van der Waals surface area contributed by atoms with Gasteiger partial charge in [0.2, 0.25) is 5.91 Å². The number of aromatic nitrogens is 3. The van der Waals surface area contributed by atoms with Crippen molar-refractivity contribution >= 4 is 43.4 Å². The van der Waals surface area contributed by atoms with Crippen LogP contribution in [0.3, 0.4) is 0 Å². The van der Waals surface area contributed by atoms with E-state index in [0.717, 1.165) is 22.4 Å². The number of nitrogens with zero attached hydrogens (tertiary/aromatic N) is 3. The summed E-state index contributed by atoms with van der Waals surface area (Å²) in [6, 6.07) is 7.60. The molecular formula is C23H24N4O3S. The van der Waals surface area contributed by atoms with Crippen LogP contribution < -0.4 is 16.6 Å². The van der Waals surface area contributed by atoms with Crippen LogP contribution in [0.4, 0.5) is 5.69 Å². The number of carbonyl (C=O) groups excluding carboxylic acids is 1. The van der Waals surface area contributed by atoms with Crippen molar-refractivity contribution < 1.29 is 4.79 Å². The SMILES string of the molecule is CCCn1c(=O)c2sc3ncccc3c2n(CC(=O)Nc2c(C)cc(C)cc2C)c1=O. The van der Waals surface area contributed by atoms with Crippen LogP contribution in [0.2, 0.25) is 0 Å². The molecule has 1 N–H and O–H groups in total. The maximum Gasteiger partial charge on any atom is 0.332 e. The molecule has 31 heavy (non-hydrogen) atoms. The molecule has 7 nitrogen and oxygen atoms in total. The second kappa shape index (κ2) is 8.11. The first-order valence-electron chi connectivity index (χ1n) is 10.2. The zero-order chi connectivity index (χ0) is 22.3. The Bertz CT molecular complexity index is 1420. The van der Waals surface area contributed by atoms with Crippen molar-refractivity contribution in [1.82, 2.24) is 14.1 Å². The number of hydrogen-bond acceptors (Lipinski definition) is 5. The van der Waals surface area contributed by atoms with Gasteiger partial charge in [-0.1, -0.05) is 24.6 Å². The van der Waals surface area contributed by atoms with E-state index in [1.807, 2.05) is 45.9 Å². The van der Waals surface area contributed by atoms with E-state index in [9.17, 15) is 14.4 Å². The lowest BCUT2D eigenvalue weighted by molar-refractivity contribution is -0.116. The number of benzene rings is 1. The van der Waals surface area contributed by atoms with E-state index in [0.29, 0.717) is 33.4 Å². The van der Waals surface area contributed by atoms with Gasteiger partial charge in [-0.05, 0) is 50.5 Å². The van der Waals surface area contributed by atoms with Gasteiger partial charge in [-0.15, -0.1) is 11.3 Å². The van der Waals surface area contributed by atoms with Gasteiger partial charge in [-0.3, -0.25) is 18.7 Å². The smallest absolute Gasteiger partial charge is 0.324 e. The van der Waals surface area contributed by atoms with Gasteiger partial charge in [0.05, 0.1) is 5.52 Å². The van der Waals surface area contributed by atoms with Crippen molar-refractivity contribution in [3.63, 3.8) is 0 Å². The highest BCUT2D eigenvalue weighted by atomic mass is 32.1. The number of rotatable bonds is 5. The van der Waals surface area contributed by atoms with Gasteiger partial charge in [0, 0.05) is 23.8 Å². The van der Waals surface area contributed by atoms with E-state index in [-0.39, 0.29) is 18.0 Å². The second-order valence-corrected chi connectivity index (χ2v) is 8.78. The third-order valence-electron chi connectivity index (χ3n) is 5.30. The lowest BCUT2D eigenvalue weighted by atomic mass is 10.1. The highest BCUT2D eigenvalue weighted by Gasteiger charge is 2.20. The predicted molar refractivity (Wildman–Crippen MR) is 125 cm³/mol. The molecule has 160 valence electrons. The largest absolute Gasteiger partial charge is 0.332 e. The minimum Gasteiger partial charge on any atom is -0.324 e. The molecule has 4 rings (SSSR count). The fraction of sp³-hybridized carbons (Fsp3) is 0.304. The summed E-state index contributed by atoms with van der Waals surface area (Å²) in [5.74, 6) is -0.316. The fourth-order valence-electron chi connectivity index (χ4n) is 4.05. The van der Waals surface area contributed by atoms with Crippen LogP contribution in [-0.4, -0.2) is 20.0 Å². The summed E-state index contributed by atoms with van der Waals surface area (Å²) in [4.78, 5) is 44.2. The zero-order valence-corrected chi connectivity index (χ0v) is 18.8. The summed E-state index contributed by atoms with van der Waals surface area (Å²) < 4.78 is 3.06. The summed E-state index contributed by atoms with van der Waals surface area (Å²) in [6.45, 7) is 7.91. The Morgan fingerprint density at radius 2 is 1.84 bits per heavy atom. The number of nitrogens with one attached hydrogen (secondary N) is 1. The molecule has 8 heteroatoms. The van der Waals surface area contributed by atoms with Gasteiger partial charge >= 0.3 is 5.69 Å². The zero-order valence-electron chi connectivity index (χ0n) is 18.0. The molecule has 1 amide bonds. The standard InChI is InChI=1S/C23H24N4O3S/c1-5-9-26-22(29)20-19(16-7-6-8-24-21(16)31-20)27(23(26)30)12-17(28)25-18-14(3)10-13(2)11-15(18)4/h6-8,10-11H,5,9,12H2,1-4H3,(H,25,28). The minimum atomic E-state index is -0.476. The Labute approximate surface area is 183 Å². The summed E-state index contributed by atoms with van der Waals surface area (Å²) in [5, 5.41) is 3.66. The molecule has 0 aliphatic rings. The van der Waals surface area contributed by atoms with Crippen LogP contribution in [0.15, 0.2) is 40.1 Å². The monoisotopic (exact) mass is 436 g/mol. The Hall–Kier alpha value is -3.26. The summed E-state index contributed by atoms with van der Waals surface area (Å²) >= 11 is 1.25. The summed E-state index contributed by atoms with van der Waals surface area (Å²) in [7, 11) is 0. The predicted octanol–water partition coefficient (Wildman–Crippen LogP) is 3.75. The van der Waals surface area contributed by atoms with E-state index in [1.54, 1.807) is 12.3 Å². The molecule has 0 bridgehead atoms. The Balaban J connectivity index is 1.86. The lowest BCUT2D eigenvalue weighted by Crippen LogP contribution is -2.41. The van der Waals surface area contributed by atoms with Crippen LogP contribution in [-0.2, 0) is 17.9 Å². The van der Waals surface area contributed by atoms with E-state index >= 15 is 0 Å². The first-order valence-corrected chi connectivity index (χ1v) is 11.0. The quantitative estimate of drug-likeness (QED) is 0.516. The number of pyridine rings is 1. The molecular weight excluding hydrogens is 412 g/mol.